The van der Waals surface area contributed by atoms with E-state index in [2.05, 4.69) is 29.4 Å². The Morgan fingerprint density at radius 3 is 2.41 bits per heavy atom. The smallest absolute Gasteiger partial charge is 0.203 e. The van der Waals surface area contributed by atoms with Gasteiger partial charge in [-0.05, 0) is 36.6 Å². The van der Waals surface area contributed by atoms with E-state index in [1.807, 2.05) is 24.3 Å². The zero-order chi connectivity index (χ0) is 18.9. The molecule has 0 saturated heterocycles. The number of aliphatic imine (C=N–C) groups is 1. The van der Waals surface area contributed by atoms with Crippen LogP contribution in [0.5, 0.6) is 17.2 Å². The molecule has 0 fully saturated rings. The minimum Gasteiger partial charge on any atom is -0.493 e. The van der Waals surface area contributed by atoms with E-state index in [0.717, 1.165) is 17.7 Å². The molecular weight excluding hydrogens is 457 g/mol. The van der Waals surface area contributed by atoms with Gasteiger partial charge in [-0.1, -0.05) is 25.1 Å². The monoisotopic (exact) mass is 485 g/mol. The van der Waals surface area contributed by atoms with Gasteiger partial charge < -0.3 is 25.3 Å². The number of aryl methyl sites for hydroxylation is 1. The van der Waals surface area contributed by atoms with Gasteiger partial charge in [0.05, 0.1) is 21.3 Å². The molecule has 0 radical (unpaired) electrons. The Balaban J connectivity index is 0.00000364. The summed E-state index contributed by atoms with van der Waals surface area (Å²) in [5.41, 5.74) is 9.16. The molecule has 0 aliphatic heterocycles. The first-order valence-corrected chi connectivity index (χ1v) is 8.56. The van der Waals surface area contributed by atoms with Crippen LogP contribution in [0.2, 0.25) is 0 Å². The van der Waals surface area contributed by atoms with Crippen LogP contribution in [0, 0.1) is 0 Å². The van der Waals surface area contributed by atoms with Crippen molar-refractivity contribution in [2.45, 2.75) is 19.8 Å². The quantitative estimate of drug-likeness (QED) is 0.337. The molecule has 0 atom stereocenters. The van der Waals surface area contributed by atoms with E-state index < -0.39 is 0 Å². The number of halogens is 1. The highest BCUT2D eigenvalue weighted by molar-refractivity contribution is 14.0. The van der Waals surface area contributed by atoms with E-state index in [4.69, 9.17) is 19.9 Å². The first kappa shape index (κ1) is 22.9. The van der Waals surface area contributed by atoms with Gasteiger partial charge >= 0.3 is 0 Å². The minimum atomic E-state index is 0. The van der Waals surface area contributed by atoms with Crippen molar-refractivity contribution in [2.24, 2.45) is 10.7 Å². The maximum absolute atomic E-state index is 6.00. The third-order valence-corrected chi connectivity index (χ3v) is 4.06. The van der Waals surface area contributed by atoms with Gasteiger partial charge in [0.2, 0.25) is 5.75 Å². The molecule has 148 valence electrons. The SMILES string of the molecule is CCc1cccc(NC(N)=NCCc2ccc(OC)c(OC)c2OC)c1.I. The summed E-state index contributed by atoms with van der Waals surface area (Å²) in [6.45, 7) is 2.64. The number of ether oxygens (including phenoxy) is 3. The topological polar surface area (TPSA) is 78.1 Å². The molecule has 0 unspecified atom stereocenters. The van der Waals surface area contributed by atoms with Crippen molar-refractivity contribution >= 4 is 35.6 Å². The Morgan fingerprint density at radius 1 is 1.04 bits per heavy atom. The van der Waals surface area contributed by atoms with E-state index in [9.17, 15) is 0 Å². The fourth-order valence-electron chi connectivity index (χ4n) is 2.71. The number of anilines is 1. The van der Waals surface area contributed by atoms with E-state index in [1.165, 1.54) is 5.56 Å². The number of benzene rings is 2. The second-order valence-electron chi connectivity index (χ2n) is 5.69. The molecule has 0 heterocycles. The summed E-state index contributed by atoms with van der Waals surface area (Å²) in [5.74, 6) is 2.26. The maximum Gasteiger partial charge on any atom is 0.203 e. The van der Waals surface area contributed by atoms with Crippen LogP contribution in [0.1, 0.15) is 18.1 Å². The Morgan fingerprint density at radius 2 is 1.78 bits per heavy atom. The molecule has 0 saturated carbocycles. The van der Waals surface area contributed by atoms with Crippen LogP contribution in [0.15, 0.2) is 41.4 Å². The van der Waals surface area contributed by atoms with E-state index in [0.29, 0.717) is 36.2 Å². The van der Waals surface area contributed by atoms with Crippen molar-refractivity contribution in [1.29, 1.82) is 0 Å². The fraction of sp³-hybridized carbons (Fsp3) is 0.350. The van der Waals surface area contributed by atoms with Crippen LogP contribution in [-0.2, 0) is 12.8 Å². The predicted molar refractivity (Wildman–Crippen MR) is 121 cm³/mol. The van der Waals surface area contributed by atoms with Crippen LogP contribution in [0.25, 0.3) is 0 Å². The highest BCUT2D eigenvalue weighted by Crippen LogP contribution is 2.39. The van der Waals surface area contributed by atoms with Crippen molar-refractivity contribution in [3.8, 4) is 17.2 Å². The van der Waals surface area contributed by atoms with E-state index in [-0.39, 0.29) is 24.0 Å². The molecular formula is C20H28IN3O3. The van der Waals surface area contributed by atoms with Crippen LogP contribution < -0.4 is 25.3 Å². The molecule has 2 rings (SSSR count). The molecule has 2 aromatic rings. The molecule has 6 nitrogen and oxygen atoms in total. The average Bonchev–Trinajstić information content (AvgIpc) is 2.67. The number of methoxy groups -OCH3 is 3. The largest absolute Gasteiger partial charge is 0.493 e. The Labute approximate surface area is 178 Å². The number of hydrogen-bond donors (Lipinski definition) is 2. The minimum absolute atomic E-state index is 0. The van der Waals surface area contributed by atoms with Crippen molar-refractivity contribution in [3.63, 3.8) is 0 Å². The lowest BCUT2D eigenvalue weighted by atomic mass is 10.1. The van der Waals surface area contributed by atoms with Crippen LogP contribution in [-0.4, -0.2) is 33.8 Å². The summed E-state index contributed by atoms with van der Waals surface area (Å²) >= 11 is 0. The summed E-state index contributed by atoms with van der Waals surface area (Å²) in [4.78, 5) is 4.40. The molecule has 0 bridgehead atoms. The molecule has 0 amide bonds. The first-order chi connectivity index (χ1) is 12.6. The number of guanidine groups is 1. The van der Waals surface area contributed by atoms with Gasteiger partial charge in [-0.25, -0.2) is 0 Å². The van der Waals surface area contributed by atoms with Crippen LogP contribution in [0.4, 0.5) is 5.69 Å². The van der Waals surface area contributed by atoms with Gasteiger partial charge in [0.1, 0.15) is 0 Å². The Hall–Kier alpha value is -2.16. The molecule has 27 heavy (non-hydrogen) atoms. The number of nitrogens with two attached hydrogens (primary N) is 1. The standard InChI is InChI=1S/C20H27N3O3.HI/c1-5-14-7-6-8-16(13-14)23-20(21)22-12-11-15-9-10-17(24-2)19(26-4)18(15)25-3;/h6-10,13H,5,11-12H2,1-4H3,(H3,21,22,23);1H. The fourth-order valence-corrected chi connectivity index (χ4v) is 2.71. The van der Waals surface area contributed by atoms with Gasteiger partial charge in [0.15, 0.2) is 17.5 Å². The summed E-state index contributed by atoms with van der Waals surface area (Å²) < 4.78 is 16.2. The highest BCUT2D eigenvalue weighted by atomic mass is 127. The lowest BCUT2D eigenvalue weighted by molar-refractivity contribution is 0.322. The lowest BCUT2D eigenvalue weighted by Gasteiger charge is -2.15. The molecule has 0 aliphatic rings. The van der Waals surface area contributed by atoms with Crippen molar-refractivity contribution < 1.29 is 14.2 Å². The number of nitrogens with one attached hydrogen (secondary N) is 1. The Kier molecular flexibility index (Phi) is 9.77. The summed E-state index contributed by atoms with van der Waals surface area (Å²) in [6.07, 6.45) is 1.65. The van der Waals surface area contributed by atoms with Gasteiger partial charge in [-0.15, -0.1) is 24.0 Å². The van der Waals surface area contributed by atoms with E-state index >= 15 is 0 Å². The molecule has 2 aromatic carbocycles. The molecule has 0 spiro atoms. The second kappa shape index (κ2) is 11.5. The van der Waals surface area contributed by atoms with Crippen molar-refractivity contribution in [2.75, 3.05) is 33.2 Å². The van der Waals surface area contributed by atoms with Crippen molar-refractivity contribution in [1.82, 2.24) is 0 Å². The summed E-state index contributed by atoms with van der Waals surface area (Å²) in [7, 11) is 4.80. The van der Waals surface area contributed by atoms with Crippen LogP contribution >= 0.6 is 24.0 Å². The molecule has 0 aliphatic carbocycles. The third-order valence-electron chi connectivity index (χ3n) is 4.06. The van der Waals surface area contributed by atoms with Gasteiger partial charge in [0, 0.05) is 17.8 Å². The zero-order valence-corrected chi connectivity index (χ0v) is 18.6. The van der Waals surface area contributed by atoms with Gasteiger partial charge in [-0.2, -0.15) is 0 Å². The highest BCUT2D eigenvalue weighted by Gasteiger charge is 2.15. The summed E-state index contributed by atoms with van der Waals surface area (Å²) in [5, 5.41) is 3.12. The Bertz CT molecular complexity index is 766. The van der Waals surface area contributed by atoms with Gasteiger partial charge in [-0.3, -0.25) is 4.99 Å². The number of rotatable bonds is 8. The number of hydrogen-bond acceptors (Lipinski definition) is 4. The normalized spacial score (nSPS) is 10.7. The van der Waals surface area contributed by atoms with Gasteiger partial charge in [0.25, 0.3) is 0 Å². The van der Waals surface area contributed by atoms with E-state index in [1.54, 1.807) is 21.3 Å². The predicted octanol–water partition coefficient (Wildman–Crippen LogP) is 3.86. The lowest BCUT2D eigenvalue weighted by Crippen LogP contribution is -2.23. The molecule has 7 heteroatoms. The third kappa shape index (κ3) is 6.20. The van der Waals surface area contributed by atoms with Crippen LogP contribution in [0.3, 0.4) is 0 Å². The first-order valence-electron chi connectivity index (χ1n) is 8.56. The van der Waals surface area contributed by atoms with Crippen molar-refractivity contribution in [3.05, 3.63) is 47.5 Å². The maximum atomic E-state index is 6.00. The average molecular weight is 485 g/mol. The summed E-state index contributed by atoms with van der Waals surface area (Å²) in [6, 6.07) is 11.9. The molecule has 0 aromatic heterocycles. The zero-order valence-electron chi connectivity index (χ0n) is 16.2. The second-order valence-corrected chi connectivity index (χ2v) is 5.69. The number of nitrogens with zero attached hydrogens (tertiary/aromatic N) is 1. The molecule has 3 N–H and O–H groups in total.